The van der Waals surface area contributed by atoms with E-state index in [0.29, 0.717) is 33.6 Å². The number of rotatable bonds is 4. The van der Waals surface area contributed by atoms with E-state index >= 15 is 0 Å². The highest BCUT2D eigenvalue weighted by molar-refractivity contribution is 6.04. The van der Waals surface area contributed by atoms with Crippen LogP contribution in [0.3, 0.4) is 0 Å². The number of aromatic nitrogens is 6. The number of nitrogens with zero attached hydrogens (tertiary/aromatic N) is 6. The summed E-state index contributed by atoms with van der Waals surface area (Å²) in [6.45, 7) is 3.64. The summed E-state index contributed by atoms with van der Waals surface area (Å²) >= 11 is 0. The molecule has 0 fully saturated rings. The summed E-state index contributed by atoms with van der Waals surface area (Å²) in [4.78, 5) is 41.0. The van der Waals surface area contributed by atoms with Crippen LogP contribution in [0.15, 0.2) is 90.1 Å². The molecule has 1 unspecified atom stereocenters. The van der Waals surface area contributed by atoms with Gasteiger partial charge in [0.05, 0.1) is 28.3 Å². The Balaban J connectivity index is 1.48. The lowest BCUT2D eigenvalue weighted by atomic mass is 10.1. The number of carbonyl (C=O) groups is 1. The summed E-state index contributed by atoms with van der Waals surface area (Å²) in [5, 5.41) is 7.48. The molecule has 6 rings (SSSR count). The van der Waals surface area contributed by atoms with Crippen molar-refractivity contribution in [2.75, 3.05) is 5.73 Å². The molecule has 10 heteroatoms. The quantitative estimate of drug-likeness (QED) is 0.326. The Morgan fingerprint density at radius 1 is 0.951 bits per heavy atom. The number of nitrogen functional groups attached to an aromatic ring is 1. The van der Waals surface area contributed by atoms with E-state index in [-0.39, 0.29) is 16.9 Å². The standard InChI is InChI=1S/C31H24N8O2/c1-19-21(10-7-16-33-19)14-15-22-9-6-13-24-25(22)31(41)39(23-11-4-3-5-12-23)28(36-24)20(2)35-30(40)26-27(32)37-38-18-8-17-34-29(26)38/h3-13,16-18,20H,1-2H3,(H2,32,37)(H,35,40). The molecular formula is C31H24N8O2. The molecule has 0 bridgehead atoms. The fraction of sp³-hybridized carbons (Fsp3) is 0.0968. The molecule has 200 valence electrons. The average Bonchev–Trinajstić information content (AvgIpc) is 3.32. The molecule has 10 nitrogen and oxygen atoms in total. The molecule has 4 heterocycles. The molecule has 0 saturated carbocycles. The molecule has 4 aromatic heterocycles. The van der Waals surface area contributed by atoms with Crippen LogP contribution in [0.5, 0.6) is 0 Å². The molecule has 0 radical (unpaired) electrons. The monoisotopic (exact) mass is 540 g/mol. The highest BCUT2D eigenvalue weighted by atomic mass is 16.2. The number of aryl methyl sites for hydroxylation is 1. The van der Waals surface area contributed by atoms with Crippen molar-refractivity contribution in [2.45, 2.75) is 19.9 Å². The molecule has 0 spiro atoms. The van der Waals surface area contributed by atoms with E-state index in [0.717, 1.165) is 11.3 Å². The molecule has 41 heavy (non-hydrogen) atoms. The molecule has 0 aliphatic rings. The number of carbonyl (C=O) groups excluding carboxylic acids is 1. The van der Waals surface area contributed by atoms with Gasteiger partial charge in [-0.05, 0) is 56.3 Å². The van der Waals surface area contributed by atoms with Gasteiger partial charge in [0.1, 0.15) is 11.4 Å². The Labute approximate surface area is 234 Å². The van der Waals surface area contributed by atoms with Crippen LogP contribution in [0, 0.1) is 18.8 Å². The van der Waals surface area contributed by atoms with Crippen molar-refractivity contribution in [1.29, 1.82) is 0 Å². The number of nitrogens with two attached hydrogens (primary N) is 1. The van der Waals surface area contributed by atoms with Crippen LogP contribution in [0.2, 0.25) is 0 Å². The van der Waals surface area contributed by atoms with Crippen LogP contribution >= 0.6 is 0 Å². The van der Waals surface area contributed by atoms with Crippen LogP contribution in [-0.2, 0) is 0 Å². The van der Waals surface area contributed by atoms with Gasteiger partial charge >= 0.3 is 0 Å². The minimum Gasteiger partial charge on any atom is -0.381 e. The summed E-state index contributed by atoms with van der Waals surface area (Å²) < 4.78 is 2.95. The van der Waals surface area contributed by atoms with Crippen molar-refractivity contribution >= 4 is 28.3 Å². The largest absolute Gasteiger partial charge is 0.381 e. The van der Waals surface area contributed by atoms with Gasteiger partial charge in [-0.3, -0.25) is 19.1 Å². The zero-order chi connectivity index (χ0) is 28.5. The molecule has 0 aliphatic carbocycles. The summed E-state index contributed by atoms with van der Waals surface area (Å²) in [6.07, 6.45) is 4.93. The van der Waals surface area contributed by atoms with Crippen LogP contribution in [-0.4, -0.2) is 35.0 Å². The van der Waals surface area contributed by atoms with E-state index in [1.165, 1.54) is 9.08 Å². The van der Waals surface area contributed by atoms with Crippen LogP contribution in [0.4, 0.5) is 5.82 Å². The normalized spacial score (nSPS) is 11.7. The van der Waals surface area contributed by atoms with Crippen molar-refractivity contribution in [3.05, 3.63) is 124 Å². The lowest BCUT2D eigenvalue weighted by Gasteiger charge is -2.20. The summed E-state index contributed by atoms with van der Waals surface area (Å²) in [6, 6.07) is 19.2. The lowest BCUT2D eigenvalue weighted by Crippen LogP contribution is -2.33. The molecule has 0 saturated heterocycles. The first-order chi connectivity index (χ1) is 19.9. The van der Waals surface area contributed by atoms with Gasteiger partial charge in [-0.2, -0.15) is 0 Å². The first-order valence-corrected chi connectivity index (χ1v) is 12.9. The van der Waals surface area contributed by atoms with Crippen molar-refractivity contribution in [2.24, 2.45) is 0 Å². The van der Waals surface area contributed by atoms with Gasteiger partial charge in [0.15, 0.2) is 11.5 Å². The van der Waals surface area contributed by atoms with E-state index in [9.17, 15) is 9.59 Å². The molecule has 6 aromatic rings. The van der Waals surface area contributed by atoms with E-state index in [1.807, 2.05) is 49.4 Å². The van der Waals surface area contributed by atoms with Crippen molar-refractivity contribution in [3.63, 3.8) is 0 Å². The second-order valence-electron chi connectivity index (χ2n) is 9.38. The second kappa shape index (κ2) is 10.4. The predicted molar refractivity (Wildman–Crippen MR) is 156 cm³/mol. The Morgan fingerprint density at radius 3 is 2.51 bits per heavy atom. The number of anilines is 1. The third-order valence-electron chi connectivity index (χ3n) is 6.66. The SMILES string of the molecule is Cc1ncccc1C#Cc1cccc2nc(C(C)NC(=O)c3c(N)nn4cccnc34)n(-c3ccccc3)c(=O)c12. The number of para-hydroxylation sites is 1. The topological polar surface area (TPSA) is 133 Å². The zero-order valence-corrected chi connectivity index (χ0v) is 22.2. The van der Waals surface area contributed by atoms with Gasteiger partial charge in [0.25, 0.3) is 11.5 Å². The molecule has 1 atom stereocenters. The maximum atomic E-state index is 14.2. The maximum absolute atomic E-state index is 14.2. The number of pyridine rings is 1. The number of amides is 1. The van der Waals surface area contributed by atoms with Gasteiger partial charge in [0.2, 0.25) is 0 Å². The predicted octanol–water partition coefficient (Wildman–Crippen LogP) is 3.60. The molecular weight excluding hydrogens is 516 g/mol. The molecule has 0 aliphatic heterocycles. The van der Waals surface area contributed by atoms with Crippen LogP contribution in [0.1, 0.15) is 46.0 Å². The summed E-state index contributed by atoms with van der Waals surface area (Å²) in [7, 11) is 0. The fourth-order valence-corrected chi connectivity index (χ4v) is 4.67. The van der Waals surface area contributed by atoms with Gasteiger partial charge in [0, 0.05) is 29.7 Å². The number of hydrogen-bond acceptors (Lipinski definition) is 7. The van der Waals surface area contributed by atoms with Gasteiger partial charge in [-0.15, -0.1) is 5.10 Å². The smallest absolute Gasteiger partial charge is 0.267 e. The fourth-order valence-electron chi connectivity index (χ4n) is 4.67. The maximum Gasteiger partial charge on any atom is 0.267 e. The lowest BCUT2D eigenvalue weighted by molar-refractivity contribution is 0.0940. The minimum absolute atomic E-state index is 0.0485. The summed E-state index contributed by atoms with van der Waals surface area (Å²) in [5.41, 5.74) is 9.42. The molecule has 1 amide bonds. The number of hydrogen-bond donors (Lipinski definition) is 2. The highest BCUT2D eigenvalue weighted by Crippen LogP contribution is 2.22. The zero-order valence-electron chi connectivity index (χ0n) is 22.2. The highest BCUT2D eigenvalue weighted by Gasteiger charge is 2.24. The number of benzene rings is 2. The number of fused-ring (bicyclic) bond motifs is 2. The average molecular weight is 541 g/mol. The van der Waals surface area contributed by atoms with Crippen LogP contribution < -0.4 is 16.6 Å². The first kappa shape index (κ1) is 25.5. The van der Waals surface area contributed by atoms with Crippen molar-refractivity contribution in [3.8, 4) is 17.5 Å². The van der Waals surface area contributed by atoms with E-state index in [2.05, 4.69) is 32.2 Å². The Kier molecular flexibility index (Phi) is 6.45. The number of nitrogens with one attached hydrogen (secondary N) is 1. The second-order valence-corrected chi connectivity index (χ2v) is 9.38. The van der Waals surface area contributed by atoms with E-state index < -0.39 is 11.9 Å². The molecule has 3 N–H and O–H groups in total. The van der Waals surface area contributed by atoms with E-state index in [4.69, 9.17) is 10.7 Å². The van der Waals surface area contributed by atoms with Gasteiger partial charge < -0.3 is 11.1 Å². The van der Waals surface area contributed by atoms with Crippen LogP contribution in [0.25, 0.3) is 22.2 Å². The van der Waals surface area contributed by atoms with E-state index in [1.54, 1.807) is 49.8 Å². The van der Waals surface area contributed by atoms with Gasteiger partial charge in [-0.25, -0.2) is 14.5 Å². The Bertz CT molecular complexity index is 2070. The first-order valence-electron chi connectivity index (χ1n) is 12.9. The Hall–Kier alpha value is -5.82. The van der Waals surface area contributed by atoms with Crippen molar-refractivity contribution in [1.82, 2.24) is 34.4 Å². The van der Waals surface area contributed by atoms with Gasteiger partial charge in [-0.1, -0.05) is 36.1 Å². The Morgan fingerprint density at radius 2 is 1.71 bits per heavy atom. The van der Waals surface area contributed by atoms with Crippen molar-refractivity contribution < 1.29 is 4.79 Å². The third-order valence-corrected chi connectivity index (χ3v) is 6.66. The minimum atomic E-state index is -0.689. The summed E-state index contributed by atoms with van der Waals surface area (Å²) in [5.74, 6) is 6.19. The third kappa shape index (κ3) is 4.66. The molecule has 2 aromatic carbocycles.